The van der Waals surface area contributed by atoms with Gasteiger partial charge in [-0.15, -0.1) is 0 Å². The SMILES string of the molecule is Cc1ccc(-n2nc(CCc3ccccc3)nc2CC2C=CS(=O)(=O)C2)cc1. The molecule has 1 aromatic heterocycles. The minimum atomic E-state index is -3.08. The van der Waals surface area contributed by atoms with Gasteiger partial charge in [0.1, 0.15) is 5.82 Å². The summed E-state index contributed by atoms with van der Waals surface area (Å²) >= 11 is 0. The van der Waals surface area contributed by atoms with E-state index in [0.717, 1.165) is 30.2 Å². The Labute approximate surface area is 165 Å². The van der Waals surface area contributed by atoms with Gasteiger partial charge in [0.05, 0.1) is 11.4 Å². The van der Waals surface area contributed by atoms with E-state index in [0.29, 0.717) is 6.42 Å². The highest BCUT2D eigenvalue weighted by Gasteiger charge is 2.24. The van der Waals surface area contributed by atoms with E-state index in [1.807, 2.05) is 54.1 Å². The molecule has 5 nitrogen and oxygen atoms in total. The first-order valence-corrected chi connectivity index (χ1v) is 11.2. The first kappa shape index (κ1) is 18.6. The third kappa shape index (κ3) is 4.39. The van der Waals surface area contributed by atoms with E-state index >= 15 is 0 Å². The van der Waals surface area contributed by atoms with Crippen molar-refractivity contribution in [3.63, 3.8) is 0 Å². The molecule has 144 valence electrons. The molecular weight excluding hydrogens is 370 g/mol. The van der Waals surface area contributed by atoms with Crippen molar-refractivity contribution in [1.82, 2.24) is 14.8 Å². The van der Waals surface area contributed by atoms with E-state index in [2.05, 4.69) is 12.1 Å². The van der Waals surface area contributed by atoms with E-state index in [1.54, 1.807) is 6.08 Å². The molecule has 0 saturated heterocycles. The van der Waals surface area contributed by atoms with Crippen LogP contribution in [-0.4, -0.2) is 28.9 Å². The number of sulfone groups is 1. The first-order valence-electron chi connectivity index (χ1n) is 9.45. The van der Waals surface area contributed by atoms with Gasteiger partial charge in [-0.2, -0.15) is 5.10 Å². The summed E-state index contributed by atoms with van der Waals surface area (Å²) in [5, 5.41) is 6.06. The molecule has 1 atom stereocenters. The fourth-order valence-electron chi connectivity index (χ4n) is 3.43. The highest BCUT2D eigenvalue weighted by Crippen LogP contribution is 2.21. The zero-order chi connectivity index (χ0) is 19.6. The van der Waals surface area contributed by atoms with Crippen LogP contribution in [0.5, 0.6) is 0 Å². The Balaban J connectivity index is 1.59. The van der Waals surface area contributed by atoms with Gasteiger partial charge in [-0.25, -0.2) is 18.1 Å². The maximum Gasteiger partial charge on any atom is 0.171 e. The summed E-state index contributed by atoms with van der Waals surface area (Å²) in [6.45, 7) is 2.05. The van der Waals surface area contributed by atoms with E-state index in [9.17, 15) is 8.42 Å². The van der Waals surface area contributed by atoms with Gasteiger partial charge in [-0.3, -0.25) is 0 Å². The van der Waals surface area contributed by atoms with Gasteiger partial charge in [-0.1, -0.05) is 54.1 Å². The first-order chi connectivity index (χ1) is 13.5. The lowest BCUT2D eigenvalue weighted by atomic mass is 10.1. The molecule has 0 aliphatic carbocycles. The van der Waals surface area contributed by atoms with Crippen LogP contribution in [0, 0.1) is 12.8 Å². The molecule has 1 aliphatic heterocycles. The highest BCUT2D eigenvalue weighted by molar-refractivity contribution is 7.94. The van der Waals surface area contributed by atoms with Crippen LogP contribution in [-0.2, 0) is 29.1 Å². The Bertz CT molecular complexity index is 1080. The summed E-state index contributed by atoms with van der Waals surface area (Å²) in [5.41, 5.74) is 3.38. The monoisotopic (exact) mass is 393 g/mol. The molecule has 6 heteroatoms. The van der Waals surface area contributed by atoms with Gasteiger partial charge in [0.25, 0.3) is 0 Å². The number of hydrogen-bond acceptors (Lipinski definition) is 4. The van der Waals surface area contributed by atoms with Crippen molar-refractivity contribution in [2.24, 2.45) is 5.92 Å². The molecule has 0 saturated carbocycles. The van der Waals surface area contributed by atoms with E-state index in [4.69, 9.17) is 10.1 Å². The van der Waals surface area contributed by atoms with Crippen molar-refractivity contribution in [2.45, 2.75) is 26.2 Å². The Kier molecular flexibility index (Phi) is 5.13. The Morgan fingerprint density at radius 2 is 1.79 bits per heavy atom. The molecule has 0 fully saturated rings. The van der Waals surface area contributed by atoms with Crippen LogP contribution >= 0.6 is 0 Å². The molecule has 0 radical (unpaired) electrons. The molecule has 2 heterocycles. The van der Waals surface area contributed by atoms with Crippen molar-refractivity contribution >= 4 is 9.84 Å². The second-order valence-electron chi connectivity index (χ2n) is 7.30. The molecule has 0 spiro atoms. The molecule has 0 bridgehead atoms. The molecule has 28 heavy (non-hydrogen) atoms. The number of benzene rings is 2. The number of aryl methyl sites for hydroxylation is 3. The highest BCUT2D eigenvalue weighted by atomic mass is 32.2. The quantitative estimate of drug-likeness (QED) is 0.643. The molecule has 2 aromatic carbocycles. The van der Waals surface area contributed by atoms with Crippen LogP contribution in [0.3, 0.4) is 0 Å². The van der Waals surface area contributed by atoms with Gasteiger partial charge >= 0.3 is 0 Å². The summed E-state index contributed by atoms with van der Waals surface area (Å²) in [6, 6.07) is 18.4. The number of allylic oxidation sites excluding steroid dienone is 1. The minimum absolute atomic E-state index is 0.0552. The second-order valence-corrected chi connectivity index (χ2v) is 9.23. The van der Waals surface area contributed by atoms with Crippen molar-refractivity contribution in [2.75, 3.05) is 5.75 Å². The van der Waals surface area contributed by atoms with Gasteiger partial charge < -0.3 is 0 Å². The molecule has 0 N–H and O–H groups in total. The lowest BCUT2D eigenvalue weighted by Gasteiger charge is -2.09. The van der Waals surface area contributed by atoms with Crippen molar-refractivity contribution in [3.05, 3.63) is 88.9 Å². The van der Waals surface area contributed by atoms with E-state index < -0.39 is 9.84 Å². The number of aromatic nitrogens is 3. The molecule has 1 aliphatic rings. The molecular formula is C22H23N3O2S. The Hall–Kier alpha value is -2.73. The van der Waals surface area contributed by atoms with Crippen molar-refractivity contribution in [1.29, 1.82) is 0 Å². The Morgan fingerprint density at radius 3 is 2.46 bits per heavy atom. The second kappa shape index (κ2) is 7.72. The smallest absolute Gasteiger partial charge is 0.171 e. The zero-order valence-corrected chi connectivity index (χ0v) is 16.6. The molecule has 0 amide bonds. The maximum absolute atomic E-state index is 11.8. The fourth-order valence-corrected chi connectivity index (χ4v) is 4.82. The fraction of sp³-hybridized carbons (Fsp3) is 0.273. The average molecular weight is 394 g/mol. The van der Waals surface area contributed by atoms with Crippen LogP contribution in [0.1, 0.15) is 22.8 Å². The van der Waals surface area contributed by atoms with Crippen LogP contribution in [0.25, 0.3) is 5.69 Å². The van der Waals surface area contributed by atoms with Crippen LogP contribution < -0.4 is 0 Å². The van der Waals surface area contributed by atoms with E-state index in [-0.39, 0.29) is 11.7 Å². The predicted molar refractivity (Wildman–Crippen MR) is 110 cm³/mol. The van der Waals surface area contributed by atoms with Crippen LogP contribution in [0.4, 0.5) is 0 Å². The van der Waals surface area contributed by atoms with Gasteiger partial charge in [0.2, 0.25) is 0 Å². The summed E-state index contributed by atoms with van der Waals surface area (Å²) < 4.78 is 25.4. The zero-order valence-electron chi connectivity index (χ0n) is 15.8. The lowest BCUT2D eigenvalue weighted by Crippen LogP contribution is -2.12. The number of nitrogens with zero attached hydrogens (tertiary/aromatic N) is 3. The van der Waals surface area contributed by atoms with Crippen LogP contribution in [0.15, 0.2) is 66.1 Å². The maximum atomic E-state index is 11.8. The van der Waals surface area contributed by atoms with E-state index in [1.165, 1.54) is 16.5 Å². The topological polar surface area (TPSA) is 64.8 Å². The third-order valence-electron chi connectivity index (χ3n) is 4.93. The predicted octanol–water partition coefficient (Wildman–Crippen LogP) is 3.46. The van der Waals surface area contributed by atoms with Crippen molar-refractivity contribution < 1.29 is 8.42 Å². The lowest BCUT2D eigenvalue weighted by molar-refractivity contribution is 0.593. The van der Waals surface area contributed by atoms with Gasteiger partial charge in [0, 0.05) is 18.2 Å². The molecule has 1 unspecified atom stereocenters. The summed E-state index contributed by atoms with van der Waals surface area (Å²) in [6.07, 6.45) is 3.94. The molecule has 3 aromatic rings. The Morgan fingerprint density at radius 1 is 1.04 bits per heavy atom. The minimum Gasteiger partial charge on any atom is -0.224 e. The van der Waals surface area contributed by atoms with Gasteiger partial charge in [0.15, 0.2) is 15.7 Å². The average Bonchev–Trinajstić information content (AvgIpc) is 3.24. The normalized spacial score (nSPS) is 17.8. The standard InChI is InChI=1S/C22H23N3O2S/c1-17-7-10-20(11-8-17)25-22(15-19-13-14-28(26,27)16-19)23-21(24-25)12-9-18-5-3-2-4-6-18/h2-8,10-11,13-14,19H,9,12,15-16H2,1H3. The largest absolute Gasteiger partial charge is 0.224 e. The van der Waals surface area contributed by atoms with Crippen molar-refractivity contribution in [3.8, 4) is 5.69 Å². The summed E-state index contributed by atoms with van der Waals surface area (Å²) in [4.78, 5) is 4.76. The number of rotatable bonds is 6. The number of hydrogen-bond donors (Lipinski definition) is 0. The van der Waals surface area contributed by atoms with Gasteiger partial charge in [-0.05, 0) is 37.0 Å². The summed E-state index contributed by atoms with van der Waals surface area (Å²) in [7, 11) is -3.08. The molecule has 4 rings (SSSR count). The summed E-state index contributed by atoms with van der Waals surface area (Å²) in [5.74, 6) is 1.68. The third-order valence-corrected chi connectivity index (χ3v) is 6.39. The van der Waals surface area contributed by atoms with Crippen LogP contribution in [0.2, 0.25) is 0 Å².